The van der Waals surface area contributed by atoms with Gasteiger partial charge in [-0.2, -0.15) is 13.2 Å². The second-order valence-corrected chi connectivity index (χ2v) is 12.3. The molecule has 12 heteroatoms. The molecule has 0 heterocycles. The van der Waals surface area contributed by atoms with Gasteiger partial charge in [-0.15, -0.1) is 0 Å². The molecule has 8 nitrogen and oxygen atoms in total. The zero-order chi connectivity index (χ0) is 32.6. The molecule has 0 spiro atoms. The topological polar surface area (TPSA) is 122 Å². The van der Waals surface area contributed by atoms with Crippen LogP contribution in [0.1, 0.15) is 32.6 Å². The highest BCUT2D eigenvalue weighted by atomic mass is 32.2. The fourth-order valence-corrected chi connectivity index (χ4v) is 5.76. The number of hydrogen-bond donors (Lipinski definition) is 3. The Kier molecular flexibility index (Phi) is 11.0. The number of alkyl halides is 3. The van der Waals surface area contributed by atoms with E-state index in [0.717, 1.165) is 17.7 Å². The van der Waals surface area contributed by atoms with Gasteiger partial charge in [-0.05, 0) is 65.6 Å². The third-order valence-electron chi connectivity index (χ3n) is 7.12. The van der Waals surface area contributed by atoms with E-state index in [0.29, 0.717) is 17.7 Å². The van der Waals surface area contributed by atoms with Crippen molar-refractivity contribution in [1.82, 2.24) is 9.62 Å². The Hall–Kier alpha value is -4.23. The van der Waals surface area contributed by atoms with Gasteiger partial charge < -0.3 is 20.5 Å². The number of hydrogen-bond acceptors (Lipinski definition) is 6. The lowest BCUT2D eigenvalue weighted by atomic mass is 10.0. The summed E-state index contributed by atoms with van der Waals surface area (Å²) in [7, 11) is -2.57. The van der Waals surface area contributed by atoms with Crippen molar-refractivity contribution < 1.29 is 36.2 Å². The Bertz CT molecular complexity index is 1700. The fourth-order valence-electron chi connectivity index (χ4n) is 4.69. The molecule has 238 valence electrons. The molecule has 0 fully saturated rings. The SMILES string of the molecule is COc1cccc(CNS(=O)(=O)c2cccc(C(=O)N(Cc3cccc(C(F)(F)F)c3)C[C@H](O)[C@@H](N)Cc3ccccc3)c2)c1. The summed E-state index contributed by atoms with van der Waals surface area (Å²) in [6.07, 6.45) is -5.54. The van der Waals surface area contributed by atoms with Crippen LogP contribution >= 0.6 is 0 Å². The van der Waals surface area contributed by atoms with Crippen molar-refractivity contribution in [2.45, 2.75) is 42.7 Å². The van der Waals surface area contributed by atoms with Crippen LogP contribution in [0, 0.1) is 0 Å². The van der Waals surface area contributed by atoms with E-state index in [1.165, 1.54) is 48.4 Å². The predicted octanol–water partition coefficient (Wildman–Crippen LogP) is 4.77. The second-order valence-electron chi connectivity index (χ2n) is 10.5. The van der Waals surface area contributed by atoms with E-state index in [2.05, 4.69) is 4.72 Å². The zero-order valence-corrected chi connectivity index (χ0v) is 25.3. The number of nitrogens with two attached hydrogens (primary N) is 1. The maximum atomic E-state index is 13.8. The summed E-state index contributed by atoms with van der Waals surface area (Å²) in [5.41, 5.74) is 7.03. The summed E-state index contributed by atoms with van der Waals surface area (Å²) in [4.78, 5) is 14.8. The van der Waals surface area contributed by atoms with E-state index in [1.54, 1.807) is 24.3 Å². The first-order chi connectivity index (χ1) is 21.4. The molecule has 0 aliphatic carbocycles. The molecule has 4 rings (SSSR count). The van der Waals surface area contributed by atoms with Crippen LogP contribution in [-0.4, -0.2) is 50.1 Å². The highest BCUT2D eigenvalue weighted by Gasteiger charge is 2.31. The molecule has 4 N–H and O–H groups in total. The number of halogens is 3. The smallest absolute Gasteiger partial charge is 0.416 e. The standard InChI is InChI=1S/C33H34F3N3O5S/c1-44-28-14-6-10-24(17-28)20-38-45(42,43)29-15-7-12-26(19-29)32(41)39(21-25-11-5-13-27(16-25)33(34,35)36)22-31(40)30(37)18-23-8-3-2-4-9-23/h2-17,19,30-31,38,40H,18,20-22,37H2,1H3/t30-,31-/m0/s1. The maximum Gasteiger partial charge on any atom is 0.416 e. The van der Waals surface area contributed by atoms with Gasteiger partial charge in [-0.25, -0.2) is 13.1 Å². The quantitative estimate of drug-likeness (QED) is 0.194. The second kappa shape index (κ2) is 14.7. The minimum atomic E-state index is -4.59. The average Bonchev–Trinajstić information content (AvgIpc) is 3.03. The van der Waals surface area contributed by atoms with Gasteiger partial charge in [0.2, 0.25) is 10.0 Å². The van der Waals surface area contributed by atoms with Gasteiger partial charge >= 0.3 is 6.18 Å². The number of benzene rings is 4. The van der Waals surface area contributed by atoms with Crippen LogP contribution in [0.5, 0.6) is 5.75 Å². The third kappa shape index (κ3) is 9.38. The highest BCUT2D eigenvalue weighted by molar-refractivity contribution is 7.89. The van der Waals surface area contributed by atoms with Crippen molar-refractivity contribution in [3.05, 3.63) is 131 Å². The van der Waals surface area contributed by atoms with E-state index in [4.69, 9.17) is 10.5 Å². The number of methoxy groups -OCH3 is 1. The number of carbonyl (C=O) groups is 1. The molecule has 0 radical (unpaired) electrons. The molecule has 2 atom stereocenters. The fraction of sp³-hybridized carbons (Fsp3) is 0.242. The van der Waals surface area contributed by atoms with E-state index in [1.807, 2.05) is 30.3 Å². The molecule has 45 heavy (non-hydrogen) atoms. The summed E-state index contributed by atoms with van der Waals surface area (Å²) in [5.74, 6) is -0.131. The van der Waals surface area contributed by atoms with Crippen LogP contribution in [0.15, 0.2) is 108 Å². The largest absolute Gasteiger partial charge is 0.497 e. The molecule has 0 unspecified atom stereocenters. The number of rotatable bonds is 13. The molecule has 4 aromatic carbocycles. The van der Waals surface area contributed by atoms with E-state index in [9.17, 15) is 31.5 Å². The number of aliphatic hydroxyl groups is 1. The molecular formula is C33H34F3N3O5S. The average molecular weight is 642 g/mol. The van der Waals surface area contributed by atoms with Crippen LogP contribution in [0.4, 0.5) is 13.2 Å². The molecule has 0 aliphatic heterocycles. The van der Waals surface area contributed by atoms with Gasteiger partial charge in [0.1, 0.15) is 5.75 Å². The molecule has 4 aromatic rings. The summed E-state index contributed by atoms with van der Waals surface area (Å²) in [6.45, 7) is -0.637. The van der Waals surface area contributed by atoms with E-state index >= 15 is 0 Å². The van der Waals surface area contributed by atoms with Crippen molar-refractivity contribution in [1.29, 1.82) is 0 Å². The lowest BCUT2D eigenvalue weighted by Gasteiger charge is -2.29. The van der Waals surface area contributed by atoms with Crippen molar-refractivity contribution in [3.63, 3.8) is 0 Å². The number of nitrogens with one attached hydrogen (secondary N) is 1. The number of aliphatic hydroxyl groups excluding tert-OH is 1. The Morgan fingerprint density at radius 2 is 1.58 bits per heavy atom. The number of carbonyl (C=O) groups excluding carboxylic acids is 1. The lowest BCUT2D eigenvalue weighted by Crippen LogP contribution is -2.46. The van der Waals surface area contributed by atoms with Crippen LogP contribution < -0.4 is 15.2 Å². The number of amides is 1. The number of ether oxygens (including phenoxy) is 1. The highest BCUT2D eigenvalue weighted by Crippen LogP contribution is 2.30. The molecule has 0 saturated carbocycles. The molecule has 0 bridgehead atoms. The molecular weight excluding hydrogens is 607 g/mol. The molecule has 0 aromatic heterocycles. The Balaban J connectivity index is 1.58. The summed E-state index contributed by atoms with van der Waals surface area (Å²) < 4.78 is 74.2. The molecule has 1 amide bonds. The van der Waals surface area contributed by atoms with Gasteiger partial charge in [0.05, 0.1) is 23.7 Å². The van der Waals surface area contributed by atoms with Crippen molar-refractivity contribution in [2.75, 3.05) is 13.7 Å². The van der Waals surface area contributed by atoms with Gasteiger partial charge in [0.25, 0.3) is 5.91 Å². The Morgan fingerprint density at radius 1 is 0.911 bits per heavy atom. The summed E-state index contributed by atoms with van der Waals surface area (Å²) in [5, 5.41) is 11.0. The first-order valence-electron chi connectivity index (χ1n) is 14.0. The number of sulfonamides is 1. The zero-order valence-electron chi connectivity index (χ0n) is 24.4. The van der Waals surface area contributed by atoms with Crippen LogP contribution in [0.3, 0.4) is 0 Å². The Labute approximate surface area is 260 Å². The minimum Gasteiger partial charge on any atom is -0.497 e. The van der Waals surface area contributed by atoms with Gasteiger partial charge in [0, 0.05) is 31.2 Å². The predicted molar refractivity (Wildman–Crippen MR) is 164 cm³/mol. The summed E-state index contributed by atoms with van der Waals surface area (Å²) >= 11 is 0. The molecule has 0 saturated heterocycles. The van der Waals surface area contributed by atoms with Crippen molar-refractivity contribution in [2.24, 2.45) is 5.73 Å². The van der Waals surface area contributed by atoms with Gasteiger partial charge in [-0.3, -0.25) is 4.79 Å². The summed E-state index contributed by atoms with van der Waals surface area (Å²) in [6, 6.07) is 25.1. The van der Waals surface area contributed by atoms with Crippen molar-refractivity contribution >= 4 is 15.9 Å². The third-order valence-corrected chi connectivity index (χ3v) is 8.52. The van der Waals surface area contributed by atoms with Crippen molar-refractivity contribution in [3.8, 4) is 5.75 Å². The van der Waals surface area contributed by atoms with Gasteiger partial charge in [0.15, 0.2) is 0 Å². The lowest BCUT2D eigenvalue weighted by molar-refractivity contribution is -0.137. The van der Waals surface area contributed by atoms with Crippen LogP contribution in [0.2, 0.25) is 0 Å². The van der Waals surface area contributed by atoms with Crippen LogP contribution in [-0.2, 0) is 35.7 Å². The Morgan fingerprint density at radius 3 is 2.29 bits per heavy atom. The normalized spacial score (nSPS) is 13.2. The van der Waals surface area contributed by atoms with Crippen LogP contribution in [0.25, 0.3) is 0 Å². The molecule has 0 aliphatic rings. The monoisotopic (exact) mass is 641 g/mol. The number of nitrogens with zero attached hydrogens (tertiary/aromatic N) is 1. The van der Waals surface area contributed by atoms with Gasteiger partial charge in [-0.1, -0.05) is 60.7 Å². The van der Waals surface area contributed by atoms with E-state index < -0.39 is 39.8 Å². The van der Waals surface area contributed by atoms with E-state index in [-0.39, 0.29) is 35.7 Å². The first kappa shape index (κ1) is 33.7. The first-order valence-corrected chi connectivity index (χ1v) is 15.5. The maximum absolute atomic E-state index is 13.8. The minimum absolute atomic E-state index is 0.0323.